The van der Waals surface area contributed by atoms with E-state index in [-0.39, 0.29) is 29.4 Å². The molecule has 0 aliphatic rings. The summed E-state index contributed by atoms with van der Waals surface area (Å²) in [6, 6.07) is 5.42. The molecular formula is C13H12F2N2O5. The van der Waals surface area contributed by atoms with Crippen LogP contribution in [0, 0.1) is 0 Å². The largest absolute Gasteiger partial charge is 0.471 e. The van der Waals surface area contributed by atoms with Crippen LogP contribution in [0.1, 0.15) is 15.9 Å². The summed E-state index contributed by atoms with van der Waals surface area (Å²) < 4.78 is 39.1. The lowest BCUT2D eigenvalue weighted by Crippen LogP contribution is -2.12. The summed E-state index contributed by atoms with van der Waals surface area (Å²) in [6.07, 6.45) is 1.22. The molecule has 0 aliphatic heterocycles. The van der Waals surface area contributed by atoms with Crippen molar-refractivity contribution in [2.24, 2.45) is 0 Å². The van der Waals surface area contributed by atoms with E-state index in [4.69, 9.17) is 9.94 Å². The normalized spacial score (nSPS) is 10.5. The van der Waals surface area contributed by atoms with Gasteiger partial charge in [-0.1, -0.05) is 11.2 Å². The summed E-state index contributed by atoms with van der Waals surface area (Å²) in [4.78, 5) is 12.2. The number of alkyl halides is 2. The van der Waals surface area contributed by atoms with Crippen LogP contribution in [-0.2, 0) is 11.3 Å². The van der Waals surface area contributed by atoms with Crippen LogP contribution in [0.15, 0.2) is 30.5 Å². The molecule has 118 valence electrons. The van der Waals surface area contributed by atoms with Crippen molar-refractivity contribution in [3.8, 4) is 11.6 Å². The fraction of sp³-hybridized carbons (Fsp3) is 0.231. The Kier molecular flexibility index (Phi) is 4.77. The molecule has 0 atom stereocenters. The first-order chi connectivity index (χ1) is 10.5. The first-order valence-corrected chi connectivity index (χ1v) is 6.04. The summed E-state index contributed by atoms with van der Waals surface area (Å²) in [5.74, 6) is -0.877. The van der Waals surface area contributed by atoms with Crippen molar-refractivity contribution in [3.05, 3.63) is 41.6 Å². The zero-order valence-corrected chi connectivity index (χ0v) is 11.4. The number of halogens is 2. The number of esters is 1. The molecule has 1 N–H and O–H groups in total. The molecule has 0 saturated heterocycles. The van der Waals surface area contributed by atoms with Gasteiger partial charge in [-0.2, -0.15) is 8.78 Å². The molecule has 22 heavy (non-hydrogen) atoms. The quantitative estimate of drug-likeness (QED) is 0.649. The van der Waals surface area contributed by atoms with Crippen molar-refractivity contribution < 1.29 is 33.0 Å². The highest BCUT2D eigenvalue weighted by atomic mass is 19.3. The molecule has 2 aromatic rings. The van der Waals surface area contributed by atoms with E-state index >= 15 is 0 Å². The van der Waals surface area contributed by atoms with Gasteiger partial charge in [-0.05, 0) is 12.1 Å². The minimum absolute atomic E-state index is 0.0316. The Morgan fingerprint density at radius 1 is 1.41 bits per heavy atom. The molecule has 0 aliphatic carbocycles. The number of carbonyl (C=O) groups is 1. The molecule has 2 rings (SSSR count). The molecule has 7 nitrogen and oxygen atoms in total. The predicted molar refractivity (Wildman–Crippen MR) is 68.2 cm³/mol. The molecule has 0 spiro atoms. The number of rotatable bonds is 6. The van der Waals surface area contributed by atoms with Crippen LogP contribution in [0.4, 0.5) is 8.78 Å². The zero-order valence-electron chi connectivity index (χ0n) is 11.4. The number of aromatic nitrogens is 2. The van der Waals surface area contributed by atoms with E-state index in [2.05, 4.69) is 14.6 Å². The van der Waals surface area contributed by atoms with E-state index in [0.29, 0.717) is 4.85 Å². The molecule has 0 radical (unpaired) electrons. The number of hydrogen-bond donors (Lipinski definition) is 1. The fourth-order valence-electron chi connectivity index (χ4n) is 1.74. The highest BCUT2D eigenvalue weighted by Gasteiger charge is 2.19. The van der Waals surface area contributed by atoms with Gasteiger partial charge in [0, 0.05) is 11.6 Å². The molecular weight excluding hydrogens is 302 g/mol. The first kappa shape index (κ1) is 15.5. The van der Waals surface area contributed by atoms with Crippen LogP contribution >= 0.6 is 0 Å². The first-order valence-electron chi connectivity index (χ1n) is 6.04. The van der Waals surface area contributed by atoms with E-state index in [0.717, 1.165) is 0 Å². The predicted octanol–water partition coefficient (Wildman–Crippen LogP) is 2.09. The number of hydrogen-bond acceptors (Lipinski definition) is 6. The minimum Gasteiger partial charge on any atom is -0.471 e. The van der Waals surface area contributed by atoms with Crippen LogP contribution in [0.2, 0.25) is 0 Å². The van der Waals surface area contributed by atoms with Gasteiger partial charge in [-0.3, -0.25) is 0 Å². The third kappa shape index (κ3) is 3.62. The SMILES string of the molecule is COC(=O)c1cccc(OC(F)F)c1COc1ccn(O)n1. The van der Waals surface area contributed by atoms with Gasteiger partial charge in [0.1, 0.15) is 12.4 Å². The molecule has 0 amide bonds. The Hall–Kier alpha value is -2.84. The maximum Gasteiger partial charge on any atom is 0.387 e. The fourth-order valence-corrected chi connectivity index (χ4v) is 1.74. The second kappa shape index (κ2) is 6.74. The molecule has 1 aromatic heterocycles. The Morgan fingerprint density at radius 3 is 2.77 bits per heavy atom. The number of methoxy groups -OCH3 is 1. The Bertz CT molecular complexity index is 660. The summed E-state index contributed by atoms with van der Waals surface area (Å²) in [5.41, 5.74) is 0.117. The zero-order chi connectivity index (χ0) is 16.1. The second-order valence-corrected chi connectivity index (χ2v) is 4.02. The van der Waals surface area contributed by atoms with Gasteiger partial charge >= 0.3 is 12.6 Å². The van der Waals surface area contributed by atoms with Gasteiger partial charge in [-0.25, -0.2) is 4.79 Å². The van der Waals surface area contributed by atoms with Crippen LogP contribution < -0.4 is 9.47 Å². The molecule has 0 saturated carbocycles. The minimum atomic E-state index is -3.05. The molecule has 9 heteroatoms. The summed E-state index contributed by atoms with van der Waals surface area (Å²) >= 11 is 0. The highest BCUT2D eigenvalue weighted by molar-refractivity contribution is 5.91. The maximum atomic E-state index is 12.5. The molecule has 0 unspecified atom stereocenters. The van der Waals surface area contributed by atoms with E-state index < -0.39 is 12.6 Å². The lowest BCUT2D eigenvalue weighted by Gasteiger charge is -2.14. The smallest absolute Gasteiger partial charge is 0.387 e. The van der Waals surface area contributed by atoms with E-state index in [1.807, 2.05) is 0 Å². The highest BCUT2D eigenvalue weighted by Crippen LogP contribution is 2.26. The van der Waals surface area contributed by atoms with Crippen LogP contribution in [0.3, 0.4) is 0 Å². The van der Waals surface area contributed by atoms with Gasteiger partial charge in [0.2, 0.25) is 5.88 Å². The third-order valence-corrected chi connectivity index (χ3v) is 2.67. The Balaban J connectivity index is 2.29. The van der Waals surface area contributed by atoms with Crippen LogP contribution in [0.25, 0.3) is 0 Å². The lowest BCUT2D eigenvalue weighted by atomic mass is 10.1. The van der Waals surface area contributed by atoms with Crippen molar-refractivity contribution >= 4 is 5.97 Å². The standard InChI is InChI=1S/C13H12F2N2O5/c1-20-12(18)8-3-2-4-10(22-13(14)15)9(8)7-21-11-5-6-17(19)16-11/h2-6,13,19H,7H2,1H3. The average Bonchev–Trinajstić information content (AvgIpc) is 2.90. The van der Waals surface area contributed by atoms with Gasteiger partial charge in [0.25, 0.3) is 0 Å². The number of nitrogens with zero attached hydrogens (tertiary/aromatic N) is 2. The monoisotopic (exact) mass is 314 g/mol. The third-order valence-electron chi connectivity index (χ3n) is 2.67. The van der Waals surface area contributed by atoms with E-state index in [1.165, 1.54) is 37.6 Å². The van der Waals surface area contributed by atoms with Crippen molar-refractivity contribution in [2.75, 3.05) is 7.11 Å². The maximum absolute atomic E-state index is 12.5. The van der Waals surface area contributed by atoms with Gasteiger partial charge in [0.05, 0.1) is 18.9 Å². The summed E-state index contributed by atoms with van der Waals surface area (Å²) in [7, 11) is 1.17. The number of ether oxygens (including phenoxy) is 3. The van der Waals surface area contributed by atoms with Gasteiger partial charge < -0.3 is 19.4 Å². The average molecular weight is 314 g/mol. The topological polar surface area (TPSA) is 82.8 Å². The Morgan fingerprint density at radius 2 is 2.18 bits per heavy atom. The summed E-state index contributed by atoms with van der Waals surface area (Å²) in [5, 5.41) is 12.6. The van der Waals surface area contributed by atoms with Gasteiger partial charge in [-0.15, -0.1) is 4.85 Å². The second-order valence-electron chi connectivity index (χ2n) is 4.02. The van der Waals surface area contributed by atoms with Crippen molar-refractivity contribution in [3.63, 3.8) is 0 Å². The van der Waals surface area contributed by atoms with Gasteiger partial charge in [0.15, 0.2) is 0 Å². The lowest BCUT2D eigenvalue weighted by molar-refractivity contribution is -0.0509. The number of carbonyl (C=O) groups excluding carboxylic acids is 1. The van der Waals surface area contributed by atoms with E-state index in [1.54, 1.807) is 0 Å². The van der Waals surface area contributed by atoms with Crippen molar-refractivity contribution in [1.29, 1.82) is 0 Å². The molecule has 1 heterocycles. The van der Waals surface area contributed by atoms with Crippen molar-refractivity contribution in [1.82, 2.24) is 9.94 Å². The molecule has 0 fully saturated rings. The van der Waals surface area contributed by atoms with Crippen LogP contribution in [-0.4, -0.2) is 34.8 Å². The van der Waals surface area contributed by atoms with E-state index in [9.17, 15) is 13.6 Å². The molecule has 1 aromatic carbocycles. The summed E-state index contributed by atoms with van der Waals surface area (Å²) in [6.45, 7) is -3.33. The Labute approximate surface area is 123 Å². The van der Waals surface area contributed by atoms with Crippen LogP contribution in [0.5, 0.6) is 11.6 Å². The number of benzene rings is 1. The molecule has 0 bridgehead atoms. The van der Waals surface area contributed by atoms with Crippen molar-refractivity contribution in [2.45, 2.75) is 13.2 Å².